The quantitative estimate of drug-likeness (QED) is 0.588. The summed E-state index contributed by atoms with van der Waals surface area (Å²) >= 11 is 0. The van der Waals surface area contributed by atoms with Crippen molar-refractivity contribution in [3.05, 3.63) is 60.2 Å². The Morgan fingerprint density at radius 1 is 0.933 bits per heavy atom. The minimum atomic E-state index is 0. The summed E-state index contributed by atoms with van der Waals surface area (Å²) in [7, 11) is 0. The Hall–Kier alpha value is -1.85. The predicted molar refractivity (Wildman–Crippen MR) is 131 cm³/mol. The molecule has 0 saturated carbocycles. The van der Waals surface area contributed by atoms with E-state index in [1.165, 1.54) is 16.3 Å². The summed E-state index contributed by atoms with van der Waals surface area (Å²) < 4.78 is 0. The number of aliphatic hydroxyl groups is 1. The summed E-state index contributed by atoms with van der Waals surface area (Å²) in [6.45, 7) is 7.82. The Morgan fingerprint density at radius 3 is 2.30 bits per heavy atom. The molecule has 1 aliphatic heterocycles. The van der Waals surface area contributed by atoms with E-state index in [0.29, 0.717) is 0 Å². The number of piperazine rings is 1. The lowest BCUT2D eigenvalue weighted by atomic mass is 10.0. The lowest BCUT2D eigenvalue weighted by Gasteiger charge is -2.35. The van der Waals surface area contributed by atoms with E-state index in [4.69, 9.17) is 10.1 Å². The summed E-state index contributed by atoms with van der Waals surface area (Å²) in [6, 6.07) is 19.4. The fraction of sp³-hybridized carbons (Fsp3) is 0.375. The van der Waals surface area contributed by atoms with E-state index >= 15 is 0 Å². The molecule has 30 heavy (non-hydrogen) atoms. The van der Waals surface area contributed by atoms with E-state index in [9.17, 15) is 0 Å². The van der Waals surface area contributed by atoms with Crippen molar-refractivity contribution < 1.29 is 5.11 Å². The molecule has 0 aliphatic carbocycles. The largest absolute Gasteiger partial charge is 0.396 e. The molecule has 4 rings (SSSR count). The van der Waals surface area contributed by atoms with Gasteiger partial charge in [0.05, 0.1) is 5.69 Å². The number of aromatic nitrogens is 1. The number of hydrogen-bond donors (Lipinski definition) is 1. The molecular weight excluding hydrogens is 417 g/mol. The van der Waals surface area contributed by atoms with Crippen LogP contribution in [0.1, 0.15) is 18.9 Å². The average molecular weight is 448 g/mol. The zero-order valence-electron chi connectivity index (χ0n) is 17.5. The van der Waals surface area contributed by atoms with Gasteiger partial charge < -0.3 is 14.9 Å². The van der Waals surface area contributed by atoms with Crippen LogP contribution in [0.2, 0.25) is 0 Å². The van der Waals surface area contributed by atoms with Crippen molar-refractivity contribution in [1.29, 1.82) is 0 Å². The molecule has 1 N–H and O–H groups in total. The van der Waals surface area contributed by atoms with Gasteiger partial charge in [-0.05, 0) is 36.4 Å². The summed E-state index contributed by atoms with van der Waals surface area (Å²) in [6.07, 6.45) is 1.72. The van der Waals surface area contributed by atoms with E-state index in [1.807, 2.05) is 0 Å². The molecule has 0 radical (unpaired) electrons. The summed E-state index contributed by atoms with van der Waals surface area (Å²) in [4.78, 5) is 10.0. The third kappa shape index (κ3) is 5.44. The molecule has 0 amide bonds. The van der Waals surface area contributed by atoms with Crippen LogP contribution >= 0.6 is 24.8 Å². The number of likely N-dealkylation sites (N-methyl/N-ethyl adjacent to an activating group) is 1. The molecule has 162 valence electrons. The first kappa shape index (κ1) is 24.4. The first-order valence-electron chi connectivity index (χ1n) is 10.4. The van der Waals surface area contributed by atoms with Crippen molar-refractivity contribution in [2.75, 3.05) is 44.2 Å². The Kier molecular flexibility index (Phi) is 9.37. The number of hydrogen-bond acceptors (Lipinski definition) is 4. The second-order valence-electron chi connectivity index (χ2n) is 7.50. The van der Waals surface area contributed by atoms with Crippen LogP contribution in [0, 0.1) is 0 Å². The Labute approximate surface area is 191 Å². The molecule has 0 spiro atoms. The number of benzene rings is 2. The Bertz CT molecular complexity index is 925. The van der Waals surface area contributed by atoms with Gasteiger partial charge in [-0.3, -0.25) is 0 Å². The number of pyridine rings is 1. The highest BCUT2D eigenvalue weighted by atomic mass is 35.5. The molecule has 0 unspecified atom stereocenters. The van der Waals surface area contributed by atoms with Crippen molar-refractivity contribution >= 4 is 41.4 Å². The molecule has 3 aromatic rings. The molecule has 1 fully saturated rings. The van der Waals surface area contributed by atoms with E-state index in [1.54, 1.807) is 0 Å². The van der Waals surface area contributed by atoms with Crippen molar-refractivity contribution in [2.45, 2.75) is 19.8 Å². The lowest BCUT2D eigenvalue weighted by Crippen LogP contribution is -2.46. The number of rotatable bonds is 6. The zero-order valence-corrected chi connectivity index (χ0v) is 19.1. The maximum Gasteiger partial charge on any atom is 0.137 e. The van der Waals surface area contributed by atoms with E-state index < -0.39 is 0 Å². The van der Waals surface area contributed by atoms with Crippen LogP contribution in [0.25, 0.3) is 22.0 Å². The van der Waals surface area contributed by atoms with Crippen molar-refractivity contribution in [3.63, 3.8) is 0 Å². The number of anilines is 1. The molecule has 0 bridgehead atoms. The molecule has 1 saturated heterocycles. The van der Waals surface area contributed by atoms with E-state index in [2.05, 4.69) is 71.3 Å². The van der Waals surface area contributed by atoms with Crippen LogP contribution < -0.4 is 4.90 Å². The molecule has 6 heteroatoms. The van der Waals surface area contributed by atoms with Crippen molar-refractivity contribution in [2.24, 2.45) is 0 Å². The second kappa shape index (κ2) is 11.5. The predicted octanol–water partition coefficient (Wildman–Crippen LogP) is 4.81. The van der Waals surface area contributed by atoms with Gasteiger partial charge >= 0.3 is 0 Å². The number of aliphatic hydroxyl groups excluding tert-OH is 1. The molecule has 2 aromatic carbocycles. The third-order valence-electron chi connectivity index (χ3n) is 5.71. The maximum atomic E-state index is 9.03. The maximum absolute atomic E-state index is 9.03. The summed E-state index contributed by atoms with van der Waals surface area (Å²) in [5, 5.41) is 11.5. The second-order valence-corrected chi connectivity index (χ2v) is 7.50. The number of nitrogens with zero attached hydrogens (tertiary/aromatic N) is 3. The highest BCUT2D eigenvalue weighted by molar-refractivity contribution is 5.95. The zero-order chi connectivity index (χ0) is 19.3. The van der Waals surface area contributed by atoms with Crippen LogP contribution in [0.4, 0.5) is 5.82 Å². The first-order valence-corrected chi connectivity index (χ1v) is 10.4. The number of halogens is 2. The fourth-order valence-electron chi connectivity index (χ4n) is 3.97. The number of aryl methyl sites for hydroxylation is 1. The number of fused-ring (bicyclic) bond motifs is 1. The molecule has 1 aromatic heterocycles. The molecule has 1 aliphatic rings. The Morgan fingerprint density at radius 2 is 1.63 bits per heavy atom. The van der Waals surface area contributed by atoms with Crippen LogP contribution in [0.3, 0.4) is 0 Å². The van der Waals surface area contributed by atoms with Gasteiger partial charge in [-0.25, -0.2) is 4.98 Å². The summed E-state index contributed by atoms with van der Waals surface area (Å²) in [5.74, 6) is 1.10. The van der Waals surface area contributed by atoms with E-state index in [-0.39, 0.29) is 31.4 Å². The van der Waals surface area contributed by atoms with Crippen LogP contribution in [0.5, 0.6) is 0 Å². The molecular formula is C24H31Cl2N3O. The lowest BCUT2D eigenvalue weighted by molar-refractivity contribution is 0.271. The minimum absolute atomic E-state index is 0. The van der Waals surface area contributed by atoms with Gasteiger partial charge in [0, 0.05) is 43.7 Å². The van der Waals surface area contributed by atoms with Gasteiger partial charge in [0.2, 0.25) is 0 Å². The first-order chi connectivity index (χ1) is 13.8. The van der Waals surface area contributed by atoms with E-state index in [0.717, 1.165) is 62.6 Å². The third-order valence-corrected chi connectivity index (χ3v) is 5.71. The molecule has 4 nitrogen and oxygen atoms in total. The monoisotopic (exact) mass is 447 g/mol. The smallest absolute Gasteiger partial charge is 0.137 e. The van der Waals surface area contributed by atoms with Gasteiger partial charge in [0.15, 0.2) is 0 Å². The van der Waals surface area contributed by atoms with Crippen LogP contribution in [-0.2, 0) is 6.42 Å². The van der Waals surface area contributed by atoms with Gasteiger partial charge in [0.1, 0.15) is 5.82 Å². The summed E-state index contributed by atoms with van der Waals surface area (Å²) in [5.41, 5.74) is 3.43. The van der Waals surface area contributed by atoms with Gasteiger partial charge in [-0.2, -0.15) is 0 Å². The highest BCUT2D eigenvalue weighted by Crippen LogP contribution is 2.30. The standard InChI is InChI=1S/C24H29N3O.2ClH/c1-2-26-13-15-27(16-14-26)24-22-8-4-3-7-21(22)18-23(25-24)20-11-9-19(10-12-20)6-5-17-28;;/h3-4,7-12,18,28H,2,5-6,13-17H2,1H3;2*1H. The van der Waals surface area contributed by atoms with Crippen LogP contribution in [0.15, 0.2) is 54.6 Å². The topological polar surface area (TPSA) is 39.6 Å². The molecule has 2 heterocycles. The van der Waals surface area contributed by atoms with Crippen molar-refractivity contribution in [3.8, 4) is 11.3 Å². The molecule has 0 atom stereocenters. The fourth-order valence-corrected chi connectivity index (χ4v) is 3.97. The normalized spacial score (nSPS) is 14.3. The average Bonchev–Trinajstić information content (AvgIpc) is 2.77. The minimum Gasteiger partial charge on any atom is -0.396 e. The van der Waals surface area contributed by atoms with Crippen LogP contribution in [-0.4, -0.2) is 54.3 Å². The Balaban J connectivity index is 0.00000160. The van der Waals surface area contributed by atoms with Gasteiger partial charge in [0.25, 0.3) is 0 Å². The SMILES string of the molecule is CCN1CCN(c2nc(-c3ccc(CCCO)cc3)cc3ccccc23)CC1.Cl.Cl. The van der Waals surface area contributed by atoms with Crippen molar-refractivity contribution in [1.82, 2.24) is 9.88 Å². The van der Waals surface area contributed by atoms with Gasteiger partial charge in [-0.1, -0.05) is 55.5 Å². The highest BCUT2D eigenvalue weighted by Gasteiger charge is 2.19. The van der Waals surface area contributed by atoms with Gasteiger partial charge in [-0.15, -0.1) is 24.8 Å².